The molecular weight excluding hydrogens is 426 g/mol. The Kier molecular flexibility index (Phi) is 4.97. The molecule has 4 rings (SSSR count). The fraction of sp³-hybridized carbons (Fsp3) is 0.263. The van der Waals surface area contributed by atoms with Crippen molar-refractivity contribution in [1.82, 2.24) is 24.4 Å². The second-order valence-corrected chi connectivity index (χ2v) is 7.12. The van der Waals surface area contributed by atoms with E-state index in [2.05, 4.69) is 15.0 Å². The number of carbonyl (C=O) groups is 1. The van der Waals surface area contributed by atoms with Crippen LogP contribution in [-0.4, -0.2) is 36.9 Å². The maximum atomic E-state index is 13.1. The summed E-state index contributed by atoms with van der Waals surface area (Å²) in [6.45, 7) is 1.95. The Bertz CT molecular complexity index is 1110. The molecule has 0 radical (unpaired) electrons. The van der Waals surface area contributed by atoms with E-state index in [0.717, 1.165) is 30.2 Å². The number of benzene rings is 1. The van der Waals surface area contributed by atoms with Crippen LogP contribution in [0.3, 0.4) is 0 Å². The van der Waals surface area contributed by atoms with E-state index in [0.29, 0.717) is 12.1 Å². The van der Waals surface area contributed by atoms with Gasteiger partial charge in [-0.2, -0.15) is 13.2 Å². The number of nitrogens with zero attached hydrogens (tertiary/aromatic N) is 5. The number of halogens is 5. The maximum absolute atomic E-state index is 13.1. The van der Waals surface area contributed by atoms with Crippen molar-refractivity contribution in [2.45, 2.75) is 25.6 Å². The first-order valence-electron chi connectivity index (χ1n) is 8.89. The van der Waals surface area contributed by atoms with E-state index in [4.69, 9.17) is 11.6 Å². The quantitative estimate of drug-likeness (QED) is 0.560. The molecule has 1 aromatic carbocycles. The van der Waals surface area contributed by atoms with E-state index in [1.54, 1.807) is 11.5 Å². The molecule has 0 saturated heterocycles. The highest BCUT2D eigenvalue weighted by molar-refractivity contribution is 6.34. The highest BCUT2D eigenvalue weighted by atomic mass is 35.5. The van der Waals surface area contributed by atoms with E-state index in [9.17, 15) is 22.4 Å². The van der Waals surface area contributed by atoms with Crippen LogP contribution in [0.4, 0.5) is 17.6 Å². The van der Waals surface area contributed by atoms with Crippen molar-refractivity contribution in [2.24, 2.45) is 0 Å². The van der Waals surface area contributed by atoms with Gasteiger partial charge in [0.1, 0.15) is 6.33 Å². The molecule has 30 heavy (non-hydrogen) atoms. The molecule has 1 aliphatic rings. The maximum Gasteiger partial charge on any atom is 0.417 e. The summed E-state index contributed by atoms with van der Waals surface area (Å²) in [7, 11) is 0. The number of fused-ring (bicyclic) bond motifs is 1. The molecule has 0 bridgehead atoms. The summed E-state index contributed by atoms with van der Waals surface area (Å²) in [5, 5.41) is -0.627. The van der Waals surface area contributed by atoms with Crippen LogP contribution >= 0.6 is 11.6 Å². The summed E-state index contributed by atoms with van der Waals surface area (Å²) in [5.74, 6) is -0.953. The summed E-state index contributed by atoms with van der Waals surface area (Å²) >= 11 is 5.92. The predicted octanol–water partition coefficient (Wildman–Crippen LogP) is 4.23. The number of carbonyl (C=O) groups excluding carboxylic acids is 1. The standard InChI is InChI=1S/C19H14ClF4N5O/c1-10-16-14(29(9-27-16)18-25-7-11(21)8-26-18)5-6-28(10)17(30)12-3-2-4-13(15(12)20)19(22,23)24/h2-4,7-10H,5-6H2,1H3. The molecule has 3 heterocycles. The third-order valence-corrected chi connectivity index (χ3v) is 5.38. The van der Waals surface area contributed by atoms with Crippen LogP contribution in [-0.2, 0) is 12.6 Å². The van der Waals surface area contributed by atoms with Gasteiger partial charge in [0.05, 0.1) is 46.0 Å². The molecule has 3 aromatic rings. The van der Waals surface area contributed by atoms with Gasteiger partial charge in [-0.1, -0.05) is 17.7 Å². The van der Waals surface area contributed by atoms with Gasteiger partial charge in [-0.05, 0) is 19.1 Å². The Hall–Kier alpha value is -3.01. The molecule has 6 nitrogen and oxygen atoms in total. The molecule has 0 spiro atoms. The van der Waals surface area contributed by atoms with Crippen LogP contribution in [0.25, 0.3) is 5.95 Å². The SMILES string of the molecule is CC1c2ncn(-c3ncc(F)cn3)c2CCN1C(=O)c1cccc(C(F)(F)F)c1Cl. The van der Waals surface area contributed by atoms with Gasteiger partial charge < -0.3 is 4.90 Å². The van der Waals surface area contributed by atoms with Crippen molar-refractivity contribution >= 4 is 17.5 Å². The van der Waals surface area contributed by atoms with Gasteiger partial charge >= 0.3 is 6.18 Å². The third kappa shape index (κ3) is 3.41. The second kappa shape index (κ2) is 7.35. The van der Waals surface area contributed by atoms with E-state index < -0.39 is 34.5 Å². The van der Waals surface area contributed by atoms with Gasteiger partial charge in [0, 0.05) is 13.0 Å². The fourth-order valence-corrected chi connectivity index (χ4v) is 3.82. The number of rotatable bonds is 2. The van der Waals surface area contributed by atoms with Gasteiger partial charge in [0.2, 0.25) is 5.95 Å². The molecule has 1 atom stereocenters. The van der Waals surface area contributed by atoms with Crippen LogP contribution in [0.1, 0.15) is 40.3 Å². The zero-order valence-electron chi connectivity index (χ0n) is 15.5. The lowest BCUT2D eigenvalue weighted by molar-refractivity contribution is -0.137. The third-order valence-electron chi connectivity index (χ3n) is 4.97. The van der Waals surface area contributed by atoms with E-state index >= 15 is 0 Å². The smallest absolute Gasteiger partial charge is 0.330 e. The normalized spacial score (nSPS) is 16.5. The van der Waals surface area contributed by atoms with Crippen molar-refractivity contribution in [1.29, 1.82) is 0 Å². The number of aromatic nitrogens is 4. The molecule has 1 aliphatic heterocycles. The van der Waals surface area contributed by atoms with E-state index in [-0.39, 0.29) is 18.1 Å². The molecule has 156 valence electrons. The second-order valence-electron chi connectivity index (χ2n) is 6.74. The molecule has 0 aliphatic carbocycles. The van der Waals surface area contributed by atoms with Gasteiger partial charge in [0.25, 0.3) is 5.91 Å². The molecule has 0 N–H and O–H groups in total. The lowest BCUT2D eigenvalue weighted by atomic mass is 10.0. The molecule has 11 heteroatoms. The molecule has 2 aromatic heterocycles. The molecule has 0 fully saturated rings. The fourth-order valence-electron chi connectivity index (χ4n) is 3.50. The lowest BCUT2D eigenvalue weighted by Crippen LogP contribution is -2.39. The van der Waals surface area contributed by atoms with Gasteiger partial charge in [0.15, 0.2) is 5.82 Å². The Morgan fingerprint density at radius 2 is 1.90 bits per heavy atom. The predicted molar refractivity (Wildman–Crippen MR) is 98.7 cm³/mol. The van der Waals surface area contributed by atoms with Gasteiger partial charge in [-0.25, -0.2) is 19.3 Å². The zero-order chi connectivity index (χ0) is 21.6. The minimum atomic E-state index is -4.66. The summed E-state index contributed by atoms with van der Waals surface area (Å²) < 4.78 is 54.1. The first kappa shape index (κ1) is 20.3. The molecule has 1 amide bonds. The van der Waals surface area contributed by atoms with Gasteiger partial charge in [-0.3, -0.25) is 9.36 Å². The zero-order valence-corrected chi connectivity index (χ0v) is 16.2. The minimum Gasteiger partial charge on any atom is -0.330 e. The number of hydrogen-bond donors (Lipinski definition) is 0. The molecular formula is C19H14ClF4N5O. The van der Waals surface area contributed by atoms with Crippen molar-refractivity contribution < 1.29 is 22.4 Å². The molecule has 0 saturated carbocycles. The van der Waals surface area contributed by atoms with Crippen molar-refractivity contribution in [3.8, 4) is 5.95 Å². The van der Waals surface area contributed by atoms with Gasteiger partial charge in [-0.15, -0.1) is 0 Å². The summed E-state index contributed by atoms with van der Waals surface area (Å²) in [6.07, 6.45) is -0.761. The Morgan fingerprint density at radius 3 is 2.57 bits per heavy atom. The van der Waals surface area contributed by atoms with E-state index in [1.807, 2.05) is 0 Å². The average molecular weight is 440 g/mol. The highest BCUT2D eigenvalue weighted by Gasteiger charge is 2.37. The average Bonchev–Trinajstić information content (AvgIpc) is 3.13. The Balaban J connectivity index is 1.66. The number of hydrogen-bond acceptors (Lipinski definition) is 4. The molecule has 1 unspecified atom stereocenters. The van der Waals surface area contributed by atoms with Crippen molar-refractivity contribution in [3.63, 3.8) is 0 Å². The van der Waals surface area contributed by atoms with Crippen LogP contribution in [0.5, 0.6) is 0 Å². The lowest BCUT2D eigenvalue weighted by Gasteiger charge is -2.33. The first-order valence-corrected chi connectivity index (χ1v) is 9.27. The monoisotopic (exact) mass is 439 g/mol. The van der Waals surface area contributed by atoms with Crippen molar-refractivity contribution in [2.75, 3.05) is 6.54 Å². The summed E-state index contributed by atoms with van der Waals surface area (Å²) in [6, 6.07) is 2.74. The van der Waals surface area contributed by atoms with Crippen LogP contribution in [0, 0.1) is 5.82 Å². The van der Waals surface area contributed by atoms with E-state index in [1.165, 1.54) is 17.3 Å². The topological polar surface area (TPSA) is 63.9 Å². The Morgan fingerprint density at radius 1 is 1.20 bits per heavy atom. The van der Waals surface area contributed by atoms with Crippen LogP contribution in [0.2, 0.25) is 5.02 Å². The summed E-state index contributed by atoms with van der Waals surface area (Å²) in [5.41, 5.74) is 0.0279. The number of alkyl halides is 3. The van der Waals surface area contributed by atoms with Crippen LogP contribution in [0.15, 0.2) is 36.9 Å². The highest BCUT2D eigenvalue weighted by Crippen LogP contribution is 2.38. The number of amides is 1. The van der Waals surface area contributed by atoms with Crippen molar-refractivity contribution in [3.05, 3.63) is 70.3 Å². The summed E-state index contributed by atoms with van der Waals surface area (Å²) in [4.78, 5) is 26.6. The Labute approximate surface area is 173 Å². The number of imidazole rings is 1. The first-order chi connectivity index (χ1) is 14.2. The minimum absolute atomic E-state index is 0.219. The van der Waals surface area contributed by atoms with Crippen LogP contribution < -0.4 is 0 Å². The largest absolute Gasteiger partial charge is 0.417 e.